The molecule has 1 unspecified atom stereocenters. The van der Waals surface area contributed by atoms with Gasteiger partial charge in [0.15, 0.2) is 0 Å². The minimum atomic E-state index is -0.292. The highest BCUT2D eigenvalue weighted by Gasteiger charge is 2.23. The van der Waals surface area contributed by atoms with E-state index in [-0.39, 0.29) is 5.82 Å². The van der Waals surface area contributed by atoms with Crippen LogP contribution in [-0.4, -0.2) is 36.7 Å². The number of piperidine rings is 1. The topological polar surface area (TPSA) is 47.7 Å². The van der Waals surface area contributed by atoms with Gasteiger partial charge in [0.25, 0.3) is 0 Å². The Kier molecular flexibility index (Phi) is 6.33. The molecule has 1 saturated heterocycles. The lowest BCUT2D eigenvalue weighted by molar-refractivity contribution is 0.123. The molecule has 5 nitrogen and oxygen atoms in total. The van der Waals surface area contributed by atoms with E-state index >= 15 is 0 Å². The molecule has 3 aromatic rings. The zero-order chi connectivity index (χ0) is 20.9. The standard InChI is InChI=1S/C24H27FN2O3/c1-17-23(26-24(30-17)19-7-3-8-20(25)12-19)15-27-11-5-6-18(14-27)16-29-22-10-4-9-21(13-22)28-2/h3-4,7-10,12-13,18H,5-6,11,14-16H2,1-2H3. The van der Waals surface area contributed by atoms with Crippen molar-refractivity contribution >= 4 is 0 Å². The Morgan fingerprint density at radius 1 is 1.17 bits per heavy atom. The highest BCUT2D eigenvalue weighted by Crippen LogP contribution is 2.26. The van der Waals surface area contributed by atoms with Gasteiger partial charge in [0.2, 0.25) is 5.89 Å². The molecule has 1 atom stereocenters. The fraction of sp³-hybridized carbons (Fsp3) is 0.375. The van der Waals surface area contributed by atoms with E-state index < -0.39 is 0 Å². The first-order valence-corrected chi connectivity index (χ1v) is 10.3. The van der Waals surface area contributed by atoms with Crippen LogP contribution in [0.4, 0.5) is 4.39 Å². The number of benzene rings is 2. The summed E-state index contributed by atoms with van der Waals surface area (Å²) in [6, 6.07) is 14.1. The van der Waals surface area contributed by atoms with Gasteiger partial charge in [-0.05, 0) is 56.6 Å². The molecular weight excluding hydrogens is 383 g/mol. The van der Waals surface area contributed by atoms with Crippen LogP contribution in [0.15, 0.2) is 52.9 Å². The molecule has 6 heteroatoms. The Labute approximate surface area is 176 Å². The van der Waals surface area contributed by atoms with Crippen molar-refractivity contribution in [2.75, 3.05) is 26.8 Å². The molecule has 0 bridgehead atoms. The number of ether oxygens (including phenoxy) is 2. The third-order valence-corrected chi connectivity index (χ3v) is 5.47. The van der Waals surface area contributed by atoms with E-state index in [1.807, 2.05) is 37.3 Å². The van der Waals surface area contributed by atoms with E-state index in [4.69, 9.17) is 13.9 Å². The summed E-state index contributed by atoms with van der Waals surface area (Å²) in [6.07, 6.45) is 2.27. The molecule has 1 fully saturated rings. The molecule has 4 rings (SSSR count). The summed E-state index contributed by atoms with van der Waals surface area (Å²) in [4.78, 5) is 7.02. The summed E-state index contributed by atoms with van der Waals surface area (Å²) in [5.74, 6) is 3.05. The maximum Gasteiger partial charge on any atom is 0.226 e. The van der Waals surface area contributed by atoms with E-state index in [0.29, 0.717) is 24.0 Å². The van der Waals surface area contributed by atoms with Gasteiger partial charge >= 0.3 is 0 Å². The van der Waals surface area contributed by atoms with Crippen molar-refractivity contribution in [3.8, 4) is 23.0 Å². The van der Waals surface area contributed by atoms with Crippen molar-refractivity contribution in [2.45, 2.75) is 26.3 Å². The molecule has 1 aliphatic rings. The SMILES string of the molecule is COc1cccc(OCC2CCCN(Cc3nc(-c4cccc(F)c4)oc3C)C2)c1. The van der Waals surface area contributed by atoms with Crippen molar-refractivity contribution < 1.29 is 18.3 Å². The van der Waals surface area contributed by atoms with Crippen molar-refractivity contribution in [3.63, 3.8) is 0 Å². The summed E-state index contributed by atoms with van der Waals surface area (Å²) in [5, 5.41) is 0. The number of rotatable bonds is 7. The smallest absolute Gasteiger partial charge is 0.226 e. The summed E-state index contributed by atoms with van der Waals surface area (Å²) in [5.41, 5.74) is 1.57. The van der Waals surface area contributed by atoms with Crippen molar-refractivity contribution in [1.29, 1.82) is 0 Å². The van der Waals surface area contributed by atoms with Gasteiger partial charge in [-0.25, -0.2) is 9.37 Å². The average molecular weight is 410 g/mol. The minimum Gasteiger partial charge on any atom is -0.497 e. The molecule has 0 aliphatic carbocycles. The van der Waals surface area contributed by atoms with Gasteiger partial charge in [0.05, 0.1) is 19.4 Å². The van der Waals surface area contributed by atoms with Crippen molar-refractivity contribution in [2.24, 2.45) is 5.92 Å². The van der Waals surface area contributed by atoms with Gasteiger partial charge in [-0.3, -0.25) is 4.90 Å². The summed E-state index contributed by atoms with van der Waals surface area (Å²) in [7, 11) is 1.66. The largest absolute Gasteiger partial charge is 0.497 e. The van der Waals surface area contributed by atoms with Gasteiger partial charge < -0.3 is 13.9 Å². The number of aryl methyl sites for hydroxylation is 1. The number of halogens is 1. The zero-order valence-corrected chi connectivity index (χ0v) is 17.4. The van der Waals surface area contributed by atoms with Gasteiger partial charge in [-0.15, -0.1) is 0 Å². The van der Waals surface area contributed by atoms with Crippen molar-refractivity contribution in [1.82, 2.24) is 9.88 Å². The molecule has 0 spiro atoms. The monoisotopic (exact) mass is 410 g/mol. The van der Waals surface area contributed by atoms with E-state index in [1.54, 1.807) is 13.2 Å². The number of aromatic nitrogens is 1. The van der Waals surface area contributed by atoms with Crippen molar-refractivity contribution in [3.05, 3.63) is 65.8 Å². The molecule has 0 saturated carbocycles. The van der Waals surface area contributed by atoms with Crippen LogP contribution < -0.4 is 9.47 Å². The lowest BCUT2D eigenvalue weighted by Crippen LogP contribution is -2.37. The molecule has 0 N–H and O–H groups in total. The van der Waals surface area contributed by atoms with E-state index in [1.165, 1.54) is 12.1 Å². The molecule has 1 aromatic heterocycles. The first kappa shape index (κ1) is 20.4. The van der Waals surface area contributed by atoms with Gasteiger partial charge in [0, 0.05) is 30.6 Å². The van der Waals surface area contributed by atoms with Crippen LogP contribution in [0.1, 0.15) is 24.3 Å². The van der Waals surface area contributed by atoms with E-state index in [0.717, 1.165) is 55.4 Å². The fourth-order valence-corrected chi connectivity index (χ4v) is 3.87. The van der Waals surface area contributed by atoms with Crippen LogP contribution in [0.5, 0.6) is 11.5 Å². The lowest BCUT2D eigenvalue weighted by Gasteiger charge is -2.32. The third kappa shape index (κ3) is 5.00. The predicted molar refractivity (Wildman–Crippen MR) is 113 cm³/mol. The van der Waals surface area contributed by atoms with Gasteiger partial charge in [0.1, 0.15) is 23.1 Å². The number of likely N-dealkylation sites (tertiary alicyclic amines) is 1. The van der Waals surface area contributed by atoms with Gasteiger partial charge in [-0.1, -0.05) is 12.1 Å². The molecule has 30 heavy (non-hydrogen) atoms. The normalized spacial score (nSPS) is 17.1. The lowest BCUT2D eigenvalue weighted by atomic mass is 9.99. The molecule has 158 valence electrons. The Bertz CT molecular complexity index is 988. The van der Waals surface area contributed by atoms with Crippen LogP contribution in [0.25, 0.3) is 11.5 Å². The molecule has 1 aliphatic heterocycles. The Morgan fingerprint density at radius 2 is 2.00 bits per heavy atom. The average Bonchev–Trinajstić information content (AvgIpc) is 3.13. The molecule has 2 heterocycles. The van der Waals surface area contributed by atoms with E-state index in [2.05, 4.69) is 9.88 Å². The first-order chi connectivity index (χ1) is 14.6. The Balaban J connectivity index is 1.36. The van der Waals surface area contributed by atoms with E-state index in [9.17, 15) is 4.39 Å². The summed E-state index contributed by atoms with van der Waals surface area (Å²) >= 11 is 0. The minimum absolute atomic E-state index is 0.292. The third-order valence-electron chi connectivity index (χ3n) is 5.47. The second-order valence-corrected chi connectivity index (χ2v) is 7.77. The van der Waals surface area contributed by atoms with Gasteiger partial charge in [-0.2, -0.15) is 0 Å². The number of hydrogen-bond acceptors (Lipinski definition) is 5. The van der Waals surface area contributed by atoms with Crippen LogP contribution in [0.3, 0.4) is 0 Å². The highest BCUT2D eigenvalue weighted by atomic mass is 19.1. The molecule has 0 amide bonds. The highest BCUT2D eigenvalue weighted by molar-refractivity contribution is 5.53. The first-order valence-electron chi connectivity index (χ1n) is 10.3. The second kappa shape index (κ2) is 9.30. The molecular formula is C24H27FN2O3. The number of nitrogens with zero attached hydrogens (tertiary/aromatic N) is 2. The van der Waals surface area contributed by atoms with Crippen LogP contribution >= 0.6 is 0 Å². The maximum atomic E-state index is 13.5. The fourth-order valence-electron chi connectivity index (χ4n) is 3.87. The quantitative estimate of drug-likeness (QED) is 0.543. The number of oxazole rings is 1. The zero-order valence-electron chi connectivity index (χ0n) is 17.4. The number of hydrogen-bond donors (Lipinski definition) is 0. The summed E-state index contributed by atoms with van der Waals surface area (Å²) < 4.78 is 30.6. The second-order valence-electron chi connectivity index (χ2n) is 7.77. The van der Waals surface area contributed by atoms with Crippen LogP contribution in [0, 0.1) is 18.7 Å². The molecule has 2 aromatic carbocycles. The predicted octanol–water partition coefficient (Wildman–Crippen LogP) is 5.09. The Morgan fingerprint density at radius 3 is 2.83 bits per heavy atom. The summed E-state index contributed by atoms with van der Waals surface area (Å²) in [6.45, 7) is 5.29. The molecule has 0 radical (unpaired) electrons. The number of methoxy groups -OCH3 is 1. The maximum absolute atomic E-state index is 13.5. The Hall–Kier alpha value is -2.86. The van der Waals surface area contributed by atoms with Crippen LogP contribution in [0.2, 0.25) is 0 Å². The van der Waals surface area contributed by atoms with Crippen LogP contribution in [-0.2, 0) is 6.54 Å².